The lowest BCUT2D eigenvalue weighted by Crippen LogP contribution is -2.33. The van der Waals surface area contributed by atoms with Crippen molar-refractivity contribution in [3.8, 4) is 0 Å². The monoisotopic (exact) mass is 261 g/mol. The molecule has 0 saturated heterocycles. The molecule has 2 aromatic rings. The molecule has 0 unspecified atom stereocenters. The van der Waals surface area contributed by atoms with Crippen molar-refractivity contribution in [3.63, 3.8) is 0 Å². The van der Waals surface area contributed by atoms with Gasteiger partial charge in [-0.05, 0) is 13.0 Å². The maximum atomic E-state index is 9.75. The maximum Gasteiger partial charge on any atom is 0.673 e. The molecule has 0 saturated carbocycles. The van der Waals surface area contributed by atoms with Crippen LogP contribution in [0.5, 0.6) is 0 Å². The number of aryl methyl sites for hydroxylation is 1. The summed E-state index contributed by atoms with van der Waals surface area (Å²) < 4.78 is 41.1. The number of anilines is 1. The van der Waals surface area contributed by atoms with Crippen LogP contribution in [0.2, 0.25) is 0 Å². The highest BCUT2D eigenvalue weighted by Crippen LogP contribution is 2.07. The van der Waals surface area contributed by atoms with Crippen LogP contribution in [0.1, 0.15) is 6.92 Å². The van der Waals surface area contributed by atoms with Gasteiger partial charge < -0.3 is 23.0 Å². The van der Waals surface area contributed by atoms with Crippen LogP contribution in [0.4, 0.5) is 23.1 Å². The average Bonchev–Trinajstić information content (AvgIpc) is 2.25. The van der Waals surface area contributed by atoms with Gasteiger partial charge in [0.25, 0.3) is 0 Å². The van der Waals surface area contributed by atoms with Crippen LogP contribution in [-0.4, -0.2) is 12.2 Å². The van der Waals surface area contributed by atoms with Crippen molar-refractivity contribution >= 4 is 24.1 Å². The Labute approximate surface area is 101 Å². The minimum atomic E-state index is -6.00. The molecule has 0 aliphatic rings. The second kappa shape index (κ2) is 5.66. The van der Waals surface area contributed by atoms with E-state index < -0.39 is 7.25 Å². The lowest BCUT2D eigenvalue weighted by Gasteiger charge is -1.98. The van der Waals surface area contributed by atoms with Gasteiger partial charge in [-0.2, -0.15) is 4.57 Å². The highest BCUT2D eigenvalue weighted by Gasteiger charge is 2.20. The lowest BCUT2D eigenvalue weighted by molar-refractivity contribution is -0.667. The van der Waals surface area contributed by atoms with Gasteiger partial charge in [-0.15, -0.1) is 0 Å². The number of nitrogen functional groups attached to an aromatic ring is 1. The third kappa shape index (κ3) is 4.56. The van der Waals surface area contributed by atoms with Crippen LogP contribution in [0.15, 0.2) is 30.5 Å². The predicted octanol–water partition coefficient (Wildman–Crippen LogP) is 2.42. The Bertz CT molecular complexity index is 524. The van der Waals surface area contributed by atoms with Gasteiger partial charge in [-0.1, -0.05) is 12.1 Å². The summed E-state index contributed by atoms with van der Waals surface area (Å²) in [5.74, 6) is 0.570. The summed E-state index contributed by atoms with van der Waals surface area (Å²) in [5.41, 5.74) is 7.74. The Morgan fingerprint density at radius 2 is 1.78 bits per heavy atom. The SMILES string of the molecule is CC[n+]1cc(N)nc2ccccc21.F[B-](F)(F)F. The van der Waals surface area contributed by atoms with E-state index in [9.17, 15) is 17.3 Å². The van der Waals surface area contributed by atoms with Gasteiger partial charge in [-0.3, -0.25) is 0 Å². The standard InChI is InChI=1S/C10H12N3.BF4/c1-2-13-7-10(11)12-8-5-3-4-6-9(8)13;2-1(3,4)5/h3-7H,2H2,1H3,(H2,11,12);/q+1;-1. The van der Waals surface area contributed by atoms with Crippen LogP contribution >= 0.6 is 0 Å². The fourth-order valence-corrected chi connectivity index (χ4v) is 1.46. The smallest absolute Gasteiger partial charge is 0.418 e. The van der Waals surface area contributed by atoms with Gasteiger partial charge in [0, 0.05) is 6.07 Å². The topological polar surface area (TPSA) is 42.8 Å². The number of hydrogen-bond donors (Lipinski definition) is 1. The molecular formula is C10H12BF4N3. The van der Waals surface area contributed by atoms with Crippen molar-refractivity contribution < 1.29 is 21.8 Å². The fraction of sp³-hybridized carbons (Fsp3) is 0.200. The highest BCUT2D eigenvalue weighted by atomic mass is 19.5. The Kier molecular flexibility index (Phi) is 4.46. The summed E-state index contributed by atoms with van der Waals surface area (Å²) in [4.78, 5) is 4.24. The number of nitrogens with two attached hydrogens (primary N) is 1. The first-order valence-electron chi connectivity index (χ1n) is 5.23. The number of para-hydroxylation sites is 2. The summed E-state index contributed by atoms with van der Waals surface area (Å²) >= 11 is 0. The third-order valence-electron chi connectivity index (χ3n) is 2.07. The van der Waals surface area contributed by atoms with Crippen LogP contribution in [0, 0.1) is 0 Å². The third-order valence-corrected chi connectivity index (χ3v) is 2.07. The maximum absolute atomic E-state index is 9.75. The van der Waals surface area contributed by atoms with Gasteiger partial charge in [0.2, 0.25) is 11.7 Å². The van der Waals surface area contributed by atoms with Crippen LogP contribution < -0.4 is 10.3 Å². The normalized spacial score (nSPS) is 10.9. The average molecular weight is 261 g/mol. The number of rotatable bonds is 1. The summed E-state index contributed by atoms with van der Waals surface area (Å²) in [7, 11) is -6.00. The second-order valence-corrected chi connectivity index (χ2v) is 3.44. The van der Waals surface area contributed by atoms with Gasteiger partial charge in [-0.25, -0.2) is 4.98 Å². The Hall–Kier alpha value is -1.86. The minimum Gasteiger partial charge on any atom is -0.418 e. The van der Waals surface area contributed by atoms with Crippen molar-refractivity contribution in [1.82, 2.24) is 4.98 Å². The molecule has 18 heavy (non-hydrogen) atoms. The van der Waals surface area contributed by atoms with Crippen molar-refractivity contribution in [3.05, 3.63) is 30.5 Å². The molecule has 0 spiro atoms. The molecule has 1 heterocycles. The van der Waals surface area contributed by atoms with Crippen molar-refractivity contribution in [2.24, 2.45) is 0 Å². The molecule has 0 radical (unpaired) electrons. The van der Waals surface area contributed by atoms with Crippen LogP contribution in [0.3, 0.4) is 0 Å². The second-order valence-electron chi connectivity index (χ2n) is 3.44. The van der Waals surface area contributed by atoms with E-state index in [2.05, 4.69) is 16.5 Å². The Morgan fingerprint density at radius 1 is 1.22 bits per heavy atom. The molecule has 1 aromatic heterocycles. The molecule has 1 aromatic carbocycles. The number of fused-ring (bicyclic) bond motifs is 1. The van der Waals surface area contributed by atoms with E-state index in [4.69, 9.17) is 5.73 Å². The molecule has 98 valence electrons. The predicted molar refractivity (Wildman–Crippen MR) is 62.2 cm³/mol. The molecule has 0 atom stereocenters. The summed E-state index contributed by atoms with van der Waals surface area (Å²) in [5, 5.41) is 0. The van der Waals surface area contributed by atoms with E-state index >= 15 is 0 Å². The molecule has 0 amide bonds. The molecule has 0 bridgehead atoms. The zero-order valence-corrected chi connectivity index (χ0v) is 9.65. The summed E-state index contributed by atoms with van der Waals surface area (Å²) in [6.45, 7) is 3.00. The van der Waals surface area contributed by atoms with E-state index in [0.29, 0.717) is 5.82 Å². The largest absolute Gasteiger partial charge is 0.673 e. The molecule has 3 nitrogen and oxygen atoms in total. The molecule has 0 aliphatic carbocycles. The van der Waals surface area contributed by atoms with E-state index in [1.54, 1.807) is 0 Å². The Balaban J connectivity index is 0.000000280. The lowest BCUT2D eigenvalue weighted by atomic mass is 10.3. The van der Waals surface area contributed by atoms with E-state index in [1.807, 2.05) is 30.5 Å². The zero-order chi connectivity index (χ0) is 13.8. The molecule has 0 aliphatic heterocycles. The summed E-state index contributed by atoms with van der Waals surface area (Å²) in [6.07, 6.45) is 1.86. The number of hydrogen-bond acceptors (Lipinski definition) is 2. The quantitative estimate of drug-likeness (QED) is 0.486. The molecule has 2 rings (SSSR count). The van der Waals surface area contributed by atoms with E-state index in [0.717, 1.165) is 17.6 Å². The van der Waals surface area contributed by atoms with Crippen LogP contribution in [-0.2, 0) is 6.54 Å². The van der Waals surface area contributed by atoms with Crippen molar-refractivity contribution in [2.75, 3.05) is 5.73 Å². The number of nitrogens with zero attached hydrogens (tertiary/aromatic N) is 2. The first-order chi connectivity index (χ1) is 8.31. The van der Waals surface area contributed by atoms with E-state index in [1.165, 1.54) is 0 Å². The number of halogens is 4. The zero-order valence-electron chi connectivity index (χ0n) is 9.65. The van der Waals surface area contributed by atoms with Gasteiger partial charge >= 0.3 is 7.25 Å². The molecule has 2 N–H and O–H groups in total. The number of benzene rings is 1. The minimum absolute atomic E-state index is 0.570. The molecule has 8 heteroatoms. The van der Waals surface area contributed by atoms with E-state index in [-0.39, 0.29) is 0 Å². The molecule has 0 fully saturated rings. The van der Waals surface area contributed by atoms with Crippen LogP contribution in [0.25, 0.3) is 11.0 Å². The van der Waals surface area contributed by atoms with Gasteiger partial charge in [0.1, 0.15) is 12.1 Å². The number of aromatic nitrogens is 2. The first-order valence-corrected chi connectivity index (χ1v) is 5.23. The Morgan fingerprint density at radius 3 is 2.33 bits per heavy atom. The molecular weight excluding hydrogens is 249 g/mol. The van der Waals surface area contributed by atoms with Crippen molar-refractivity contribution in [2.45, 2.75) is 13.5 Å². The van der Waals surface area contributed by atoms with Gasteiger partial charge in [0.05, 0.1) is 0 Å². The van der Waals surface area contributed by atoms with Crippen molar-refractivity contribution in [1.29, 1.82) is 0 Å². The summed E-state index contributed by atoms with van der Waals surface area (Å²) in [6, 6.07) is 7.99. The first kappa shape index (κ1) is 14.2. The van der Waals surface area contributed by atoms with Gasteiger partial charge in [0.15, 0.2) is 5.82 Å². The highest BCUT2D eigenvalue weighted by molar-refractivity contribution is 6.50. The fourth-order valence-electron chi connectivity index (χ4n) is 1.46.